The zero-order valence-electron chi connectivity index (χ0n) is 20.5. The molecule has 3 aromatic rings. The molecule has 5 rings (SSSR count). The Balaban J connectivity index is 1.30. The van der Waals surface area contributed by atoms with Crippen LogP contribution in [0, 0.1) is 0 Å². The van der Waals surface area contributed by atoms with Crippen molar-refractivity contribution in [3.8, 4) is 0 Å². The van der Waals surface area contributed by atoms with Crippen LogP contribution in [0.3, 0.4) is 0 Å². The normalized spacial score (nSPS) is 19.9. The van der Waals surface area contributed by atoms with E-state index in [0.717, 1.165) is 30.8 Å². The fourth-order valence-electron chi connectivity index (χ4n) is 5.27. The van der Waals surface area contributed by atoms with E-state index in [1.807, 2.05) is 71.6 Å². The highest BCUT2D eigenvalue weighted by Crippen LogP contribution is 2.35. The van der Waals surface area contributed by atoms with Gasteiger partial charge in [0.2, 0.25) is 11.8 Å². The standard InChI is InChI=1S/C30H33N3O3/c34-28-27(23-36-22-26-14-8-3-9-15-26)31-29(35)30(33(28)21-25-12-6-2-7-13-25)16-18-32(19-17-30)20-24-10-4-1-5-11-24/h1-15,27H,16-23H2,(H,31,35). The molecule has 6 heteroatoms. The minimum Gasteiger partial charge on any atom is -0.374 e. The first-order chi connectivity index (χ1) is 17.6. The van der Waals surface area contributed by atoms with Crippen molar-refractivity contribution in [1.82, 2.24) is 15.1 Å². The summed E-state index contributed by atoms with van der Waals surface area (Å²) in [5.74, 6) is -0.131. The lowest BCUT2D eigenvalue weighted by Gasteiger charge is -2.51. The van der Waals surface area contributed by atoms with E-state index in [4.69, 9.17) is 4.74 Å². The maximum absolute atomic E-state index is 13.8. The molecule has 3 aromatic carbocycles. The highest BCUT2D eigenvalue weighted by atomic mass is 16.5. The lowest BCUT2D eigenvalue weighted by molar-refractivity contribution is -0.164. The second-order valence-electron chi connectivity index (χ2n) is 9.73. The maximum atomic E-state index is 13.8. The van der Waals surface area contributed by atoms with Gasteiger partial charge in [-0.1, -0.05) is 91.0 Å². The maximum Gasteiger partial charge on any atom is 0.248 e. The van der Waals surface area contributed by atoms with Crippen molar-refractivity contribution in [2.24, 2.45) is 0 Å². The summed E-state index contributed by atoms with van der Waals surface area (Å²) in [6, 6.07) is 29.5. The fraction of sp³-hybridized carbons (Fsp3) is 0.333. The van der Waals surface area contributed by atoms with Gasteiger partial charge in [-0.2, -0.15) is 0 Å². The van der Waals surface area contributed by atoms with Gasteiger partial charge in [-0.25, -0.2) is 0 Å². The number of carbonyl (C=O) groups excluding carboxylic acids is 2. The van der Waals surface area contributed by atoms with Gasteiger partial charge in [-0.15, -0.1) is 0 Å². The molecule has 2 saturated heterocycles. The van der Waals surface area contributed by atoms with Crippen molar-refractivity contribution < 1.29 is 14.3 Å². The Labute approximate surface area is 212 Å². The van der Waals surface area contributed by atoms with Crippen LogP contribution in [0.2, 0.25) is 0 Å². The average molecular weight is 484 g/mol. The average Bonchev–Trinajstić information content (AvgIpc) is 2.92. The highest BCUT2D eigenvalue weighted by molar-refractivity contribution is 6.00. The molecule has 0 aliphatic carbocycles. The minimum absolute atomic E-state index is 0.0642. The van der Waals surface area contributed by atoms with E-state index in [-0.39, 0.29) is 18.4 Å². The number of piperazine rings is 1. The number of carbonyl (C=O) groups is 2. The second-order valence-corrected chi connectivity index (χ2v) is 9.73. The fourth-order valence-corrected chi connectivity index (χ4v) is 5.27. The summed E-state index contributed by atoms with van der Waals surface area (Å²) in [7, 11) is 0. The summed E-state index contributed by atoms with van der Waals surface area (Å²) in [5.41, 5.74) is 2.48. The van der Waals surface area contributed by atoms with Crippen LogP contribution in [0.15, 0.2) is 91.0 Å². The lowest BCUT2D eigenvalue weighted by atomic mass is 9.81. The topological polar surface area (TPSA) is 61.9 Å². The van der Waals surface area contributed by atoms with Gasteiger partial charge < -0.3 is 15.0 Å². The Morgan fingerprint density at radius 2 is 1.28 bits per heavy atom. The van der Waals surface area contributed by atoms with Gasteiger partial charge in [-0.05, 0) is 29.5 Å². The Hall–Kier alpha value is -3.48. The molecule has 0 saturated carbocycles. The van der Waals surface area contributed by atoms with E-state index in [2.05, 4.69) is 34.5 Å². The molecule has 2 aliphatic heterocycles. The first-order valence-electron chi connectivity index (χ1n) is 12.7. The molecule has 186 valence electrons. The van der Waals surface area contributed by atoms with E-state index in [1.165, 1.54) is 5.56 Å². The molecule has 6 nitrogen and oxygen atoms in total. The van der Waals surface area contributed by atoms with Gasteiger partial charge in [-0.3, -0.25) is 14.5 Å². The van der Waals surface area contributed by atoms with Crippen LogP contribution in [0.25, 0.3) is 0 Å². The van der Waals surface area contributed by atoms with E-state index in [0.29, 0.717) is 26.0 Å². The third-order valence-corrected chi connectivity index (χ3v) is 7.32. The predicted octanol–water partition coefficient (Wildman–Crippen LogP) is 3.77. The molecule has 2 aliphatic rings. The Morgan fingerprint density at radius 3 is 1.86 bits per heavy atom. The Kier molecular flexibility index (Phi) is 7.44. The van der Waals surface area contributed by atoms with Crippen LogP contribution in [-0.4, -0.2) is 52.9 Å². The van der Waals surface area contributed by atoms with Crippen LogP contribution < -0.4 is 5.32 Å². The second kappa shape index (κ2) is 11.1. The van der Waals surface area contributed by atoms with E-state index in [1.54, 1.807) is 0 Å². The number of nitrogens with one attached hydrogen (secondary N) is 1. The predicted molar refractivity (Wildman–Crippen MR) is 139 cm³/mol. The number of amides is 2. The van der Waals surface area contributed by atoms with Crippen LogP contribution in [0.5, 0.6) is 0 Å². The van der Waals surface area contributed by atoms with Crippen molar-refractivity contribution in [2.75, 3.05) is 19.7 Å². The largest absolute Gasteiger partial charge is 0.374 e. The quantitative estimate of drug-likeness (QED) is 0.530. The van der Waals surface area contributed by atoms with Crippen LogP contribution in [-0.2, 0) is 34.0 Å². The van der Waals surface area contributed by atoms with E-state index >= 15 is 0 Å². The molecule has 0 radical (unpaired) electrons. The van der Waals surface area contributed by atoms with Gasteiger partial charge >= 0.3 is 0 Å². The smallest absolute Gasteiger partial charge is 0.248 e. The monoisotopic (exact) mass is 483 g/mol. The summed E-state index contributed by atoms with van der Waals surface area (Å²) < 4.78 is 5.87. The van der Waals surface area contributed by atoms with Crippen molar-refractivity contribution in [3.63, 3.8) is 0 Å². The molecule has 1 spiro atoms. The lowest BCUT2D eigenvalue weighted by Crippen LogP contribution is -2.73. The van der Waals surface area contributed by atoms with Crippen molar-refractivity contribution >= 4 is 11.8 Å². The van der Waals surface area contributed by atoms with Gasteiger partial charge in [0.25, 0.3) is 0 Å². The molecule has 2 fully saturated rings. The molecule has 1 N–H and O–H groups in total. The number of hydrogen-bond donors (Lipinski definition) is 1. The van der Waals surface area contributed by atoms with Crippen LogP contribution in [0.4, 0.5) is 0 Å². The van der Waals surface area contributed by atoms with E-state index < -0.39 is 11.6 Å². The van der Waals surface area contributed by atoms with Crippen LogP contribution in [0.1, 0.15) is 29.5 Å². The zero-order valence-corrected chi connectivity index (χ0v) is 20.5. The number of rotatable bonds is 8. The molecule has 36 heavy (non-hydrogen) atoms. The highest BCUT2D eigenvalue weighted by Gasteiger charge is 2.53. The molecular weight excluding hydrogens is 450 g/mol. The molecule has 2 amide bonds. The van der Waals surface area contributed by atoms with Gasteiger partial charge in [0, 0.05) is 26.2 Å². The number of benzene rings is 3. The molecule has 0 aromatic heterocycles. The van der Waals surface area contributed by atoms with Crippen molar-refractivity contribution in [3.05, 3.63) is 108 Å². The van der Waals surface area contributed by atoms with Crippen molar-refractivity contribution in [2.45, 2.75) is 44.1 Å². The van der Waals surface area contributed by atoms with Gasteiger partial charge in [0.15, 0.2) is 0 Å². The van der Waals surface area contributed by atoms with Gasteiger partial charge in [0.05, 0.1) is 13.2 Å². The minimum atomic E-state index is -0.837. The third-order valence-electron chi connectivity index (χ3n) is 7.32. The Bertz CT molecular complexity index is 1150. The first-order valence-corrected chi connectivity index (χ1v) is 12.7. The summed E-state index contributed by atoms with van der Waals surface area (Å²) in [5, 5.41) is 3.02. The number of nitrogens with zero attached hydrogens (tertiary/aromatic N) is 2. The number of ether oxygens (including phenoxy) is 1. The molecule has 1 atom stereocenters. The third kappa shape index (κ3) is 5.35. The molecule has 0 bridgehead atoms. The number of hydrogen-bond acceptors (Lipinski definition) is 4. The van der Waals surface area contributed by atoms with Gasteiger partial charge in [0.1, 0.15) is 11.6 Å². The molecule has 2 heterocycles. The number of likely N-dealkylation sites (tertiary alicyclic amines) is 1. The summed E-state index contributed by atoms with van der Waals surface area (Å²) in [4.78, 5) is 31.6. The van der Waals surface area contributed by atoms with Crippen LogP contribution >= 0.6 is 0 Å². The number of piperidine rings is 1. The first kappa shape index (κ1) is 24.2. The summed E-state index contributed by atoms with van der Waals surface area (Å²) >= 11 is 0. The summed E-state index contributed by atoms with van der Waals surface area (Å²) in [6.45, 7) is 3.34. The van der Waals surface area contributed by atoms with E-state index in [9.17, 15) is 9.59 Å². The Morgan fingerprint density at radius 1 is 0.750 bits per heavy atom. The summed E-state index contributed by atoms with van der Waals surface area (Å²) in [6.07, 6.45) is 1.23. The SMILES string of the molecule is O=C1C(COCc2ccccc2)NC(=O)C2(CCN(Cc3ccccc3)CC2)N1Cc1ccccc1. The molecular formula is C30H33N3O3. The van der Waals surface area contributed by atoms with Crippen molar-refractivity contribution in [1.29, 1.82) is 0 Å². The molecule has 1 unspecified atom stereocenters. The zero-order chi connectivity index (χ0) is 24.8.